The van der Waals surface area contributed by atoms with E-state index in [4.69, 9.17) is 9.47 Å². The second-order valence-electron chi connectivity index (χ2n) is 6.32. The maximum Gasteiger partial charge on any atom is 0.161 e. The van der Waals surface area contributed by atoms with E-state index in [-0.39, 0.29) is 6.04 Å². The van der Waals surface area contributed by atoms with Crippen molar-refractivity contribution < 1.29 is 9.47 Å². The lowest BCUT2D eigenvalue weighted by Gasteiger charge is -2.31. The number of hydrogen-bond acceptors (Lipinski definition) is 5. The van der Waals surface area contributed by atoms with Crippen molar-refractivity contribution in [1.82, 2.24) is 10.3 Å². The second kappa shape index (κ2) is 7.21. The van der Waals surface area contributed by atoms with E-state index in [0.717, 1.165) is 37.4 Å². The molecule has 5 nitrogen and oxygen atoms in total. The Morgan fingerprint density at radius 3 is 2.91 bits per heavy atom. The average Bonchev–Trinajstić information content (AvgIpc) is 2.97. The Morgan fingerprint density at radius 1 is 1.26 bits per heavy atom. The maximum atomic E-state index is 5.80. The van der Waals surface area contributed by atoms with Gasteiger partial charge in [0, 0.05) is 31.1 Å². The molecule has 1 fully saturated rings. The number of hydrazone groups is 1. The highest BCUT2D eigenvalue weighted by atomic mass is 16.5. The molecule has 2 atom stereocenters. The number of nitrogens with zero attached hydrogens (tertiary/aromatic N) is 2. The van der Waals surface area contributed by atoms with Gasteiger partial charge in [0.1, 0.15) is 0 Å². The van der Waals surface area contributed by atoms with Gasteiger partial charge in [0.15, 0.2) is 11.5 Å². The van der Waals surface area contributed by atoms with Crippen LogP contribution in [-0.2, 0) is 0 Å². The molecule has 0 aromatic heterocycles. The Bertz CT molecular complexity index is 573. The van der Waals surface area contributed by atoms with Crippen LogP contribution in [-0.4, -0.2) is 44.0 Å². The summed E-state index contributed by atoms with van der Waals surface area (Å²) in [5, 5.41) is 4.57. The third-order valence-corrected chi connectivity index (χ3v) is 4.52. The fourth-order valence-corrected chi connectivity index (χ4v) is 3.33. The molecule has 5 heteroatoms. The van der Waals surface area contributed by atoms with Crippen LogP contribution in [0.25, 0.3) is 0 Å². The molecule has 1 aromatic carbocycles. The van der Waals surface area contributed by atoms with Crippen LogP contribution in [0.15, 0.2) is 23.3 Å². The Labute approximate surface area is 138 Å². The van der Waals surface area contributed by atoms with Gasteiger partial charge in [-0.2, -0.15) is 5.10 Å². The normalized spacial score (nSPS) is 23.9. The maximum absolute atomic E-state index is 5.80. The van der Waals surface area contributed by atoms with E-state index in [1.54, 1.807) is 0 Å². The number of ether oxygens (including phenoxy) is 2. The lowest BCUT2D eigenvalue weighted by atomic mass is 9.86. The van der Waals surface area contributed by atoms with Gasteiger partial charge in [-0.3, -0.25) is 0 Å². The number of rotatable bonds is 6. The molecule has 3 rings (SSSR count). The monoisotopic (exact) mass is 317 g/mol. The third-order valence-electron chi connectivity index (χ3n) is 4.52. The van der Waals surface area contributed by atoms with E-state index in [1.807, 2.05) is 13.0 Å². The molecule has 0 bridgehead atoms. The standard InChI is InChI=1S/C18H27N3O2/c1-4-10-23-16-7-6-13(11-17(16)22-5-2)18-14-12-21(3)9-8-15(14)19-20-18/h6-7,11,14,18,20H,4-5,8-10,12H2,1-3H3. The van der Waals surface area contributed by atoms with Crippen molar-refractivity contribution in [1.29, 1.82) is 0 Å². The zero-order chi connectivity index (χ0) is 16.2. The smallest absolute Gasteiger partial charge is 0.161 e. The van der Waals surface area contributed by atoms with Gasteiger partial charge in [0.05, 0.1) is 19.3 Å². The summed E-state index contributed by atoms with van der Waals surface area (Å²) in [5.74, 6) is 2.11. The van der Waals surface area contributed by atoms with Crippen LogP contribution >= 0.6 is 0 Å². The summed E-state index contributed by atoms with van der Waals surface area (Å²) in [7, 11) is 2.18. The van der Waals surface area contributed by atoms with Crippen molar-refractivity contribution >= 4 is 5.71 Å². The van der Waals surface area contributed by atoms with Crippen molar-refractivity contribution in [3.8, 4) is 11.5 Å². The van der Waals surface area contributed by atoms with Gasteiger partial charge >= 0.3 is 0 Å². The highest BCUT2D eigenvalue weighted by Crippen LogP contribution is 2.36. The van der Waals surface area contributed by atoms with Crippen molar-refractivity contribution in [3.05, 3.63) is 23.8 Å². The molecule has 1 aromatic rings. The Kier molecular flexibility index (Phi) is 5.06. The van der Waals surface area contributed by atoms with E-state index in [9.17, 15) is 0 Å². The van der Waals surface area contributed by atoms with Crippen LogP contribution in [0.2, 0.25) is 0 Å². The van der Waals surface area contributed by atoms with Gasteiger partial charge in [-0.15, -0.1) is 0 Å². The summed E-state index contributed by atoms with van der Waals surface area (Å²) < 4.78 is 11.6. The Hall–Kier alpha value is -1.75. The van der Waals surface area contributed by atoms with Crippen molar-refractivity contribution in [2.75, 3.05) is 33.4 Å². The average molecular weight is 317 g/mol. The molecule has 0 aliphatic carbocycles. The summed E-state index contributed by atoms with van der Waals surface area (Å²) in [4.78, 5) is 2.38. The minimum atomic E-state index is 0.229. The first-order valence-electron chi connectivity index (χ1n) is 8.63. The molecule has 1 N–H and O–H groups in total. The van der Waals surface area contributed by atoms with Gasteiger partial charge in [-0.25, -0.2) is 0 Å². The molecule has 0 radical (unpaired) electrons. The quantitative estimate of drug-likeness (QED) is 0.876. The van der Waals surface area contributed by atoms with E-state index in [1.165, 1.54) is 11.3 Å². The third kappa shape index (κ3) is 3.44. The Balaban J connectivity index is 1.81. The molecular formula is C18H27N3O2. The summed E-state index contributed by atoms with van der Waals surface area (Å²) in [6.07, 6.45) is 2.05. The molecule has 23 heavy (non-hydrogen) atoms. The SMILES string of the molecule is CCCOc1ccc(C2NN=C3CCN(C)CC32)cc1OCC. The molecule has 0 saturated carbocycles. The lowest BCUT2D eigenvalue weighted by Crippen LogP contribution is -2.39. The largest absolute Gasteiger partial charge is 0.490 e. The minimum Gasteiger partial charge on any atom is -0.490 e. The fourth-order valence-electron chi connectivity index (χ4n) is 3.33. The van der Waals surface area contributed by atoms with Crippen LogP contribution in [0.1, 0.15) is 38.3 Å². The van der Waals surface area contributed by atoms with Crippen LogP contribution in [0.5, 0.6) is 11.5 Å². The molecule has 1 saturated heterocycles. The summed E-state index contributed by atoms with van der Waals surface area (Å²) in [5.41, 5.74) is 5.85. The van der Waals surface area contributed by atoms with Gasteiger partial charge in [-0.05, 0) is 38.1 Å². The number of hydrogen-bond donors (Lipinski definition) is 1. The van der Waals surface area contributed by atoms with Crippen molar-refractivity contribution in [2.45, 2.75) is 32.7 Å². The molecular weight excluding hydrogens is 290 g/mol. The molecule has 0 spiro atoms. The van der Waals surface area contributed by atoms with Gasteiger partial charge < -0.3 is 19.8 Å². The minimum absolute atomic E-state index is 0.229. The summed E-state index contributed by atoms with van der Waals surface area (Å²) in [6.45, 7) is 7.60. The first-order valence-corrected chi connectivity index (χ1v) is 8.63. The molecule has 126 valence electrons. The molecule has 2 aliphatic heterocycles. The summed E-state index contributed by atoms with van der Waals surface area (Å²) in [6, 6.07) is 6.51. The molecule has 2 aliphatic rings. The fraction of sp³-hybridized carbons (Fsp3) is 0.611. The van der Waals surface area contributed by atoms with Crippen molar-refractivity contribution in [3.63, 3.8) is 0 Å². The molecule has 2 heterocycles. The number of likely N-dealkylation sites (tertiary alicyclic amines) is 1. The highest BCUT2D eigenvalue weighted by Gasteiger charge is 2.36. The number of fused-ring (bicyclic) bond motifs is 1. The predicted octanol–water partition coefficient (Wildman–Crippen LogP) is 2.83. The molecule has 2 unspecified atom stereocenters. The second-order valence-corrected chi connectivity index (χ2v) is 6.32. The zero-order valence-corrected chi connectivity index (χ0v) is 14.3. The van der Waals surface area contributed by atoms with Gasteiger partial charge in [0.25, 0.3) is 0 Å². The van der Waals surface area contributed by atoms with E-state index in [0.29, 0.717) is 19.1 Å². The lowest BCUT2D eigenvalue weighted by molar-refractivity contribution is 0.268. The van der Waals surface area contributed by atoms with E-state index in [2.05, 4.69) is 41.5 Å². The Morgan fingerprint density at radius 2 is 2.13 bits per heavy atom. The van der Waals surface area contributed by atoms with Crippen LogP contribution in [0.4, 0.5) is 0 Å². The number of benzene rings is 1. The van der Waals surface area contributed by atoms with Crippen LogP contribution in [0.3, 0.4) is 0 Å². The molecule has 0 amide bonds. The van der Waals surface area contributed by atoms with Crippen LogP contribution in [0, 0.1) is 5.92 Å². The number of nitrogens with one attached hydrogen (secondary N) is 1. The first kappa shape index (κ1) is 16.1. The highest BCUT2D eigenvalue weighted by molar-refractivity contribution is 5.89. The van der Waals surface area contributed by atoms with Gasteiger partial charge in [-0.1, -0.05) is 13.0 Å². The van der Waals surface area contributed by atoms with Crippen LogP contribution < -0.4 is 14.9 Å². The first-order chi connectivity index (χ1) is 11.2. The predicted molar refractivity (Wildman–Crippen MR) is 92.3 cm³/mol. The topological polar surface area (TPSA) is 46.1 Å². The van der Waals surface area contributed by atoms with Crippen molar-refractivity contribution in [2.24, 2.45) is 11.0 Å². The van der Waals surface area contributed by atoms with Gasteiger partial charge in [0.2, 0.25) is 0 Å². The summed E-state index contributed by atoms with van der Waals surface area (Å²) >= 11 is 0. The number of piperidine rings is 1. The van der Waals surface area contributed by atoms with E-state index >= 15 is 0 Å². The van der Waals surface area contributed by atoms with E-state index < -0.39 is 0 Å². The zero-order valence-electron chi connectivity index (χ0n) is 14.3.